The Balaban J connectivity index is 2.21. The molecule has 0 bridgehead atoms. The van der Waals surface area contributed by atoms with Crippen LogP contribution in [-0.2, 0) is 0 Å². The molecule has 0 aliphatic rings. The van der Waals surface area contributed by atoms with E-state index in [-0.39, 0.29) is 11.4 Å². The van der Waals surface area contributed by atoms with Gasteiger partial charge in [0.2, 0.25) is 0 Å². The molecule has 0 radical (unpaired) electrons. The average molecular weight is 280 g/mol. The molecule has 0 fully saturated rings. The Morgan fingerprint density at radius 3 is 2.43 bits per heavy atom. The molecule has 4 heteroatoms. The van der Waals surface area contributed by atoms with Crippen molar-refractivity contribution in [3.8, 4) is 22.6 Å². The molecule has 0 atom stereocenters. The van der Waals surface area contributed by atoms with Crippen LogP contribution in [-0.4, -0.2) is 9.97 Å². The van der Waals surface area contributed by atoms with Crippen LogP contribution in [0.3, 0.4) is 0 Å². The van der Waals surface area contributed by atoms with Gasteiger partial charge in [-0.3, -0.25) is 4.79 Å². The molecule has 104 valence electrons. The van der Waals surface area contributed by atoms with E-state index in [0.29, 0.717) is 22.6 Å². The molecule has 3 aromatic rings. The SMILES string of the molecule is Cc1c(-c2ccccc2)nc(-c2cccc(F)c2)[nH]c1=O. The summed E-state index contributed by atoms with van der Waals surface area (Å²) >= 11 is 0. The number of hydrogen-bond donors (Lipinski definition) is 1. The number of aromatic nitrogens is 2. The quantitative estimate of drug-likeness (QED) is 0.780. The molecule has 0 aliphatic heterocycles. The highest BCUT2D eigenvalue weighted by molar-refractivity contribution is 5.66. The maximum absolute atomic E-state index is 13.3. The van der Waals surface area contributed by atoms with Gasteiger partial charge in [0, 0.05) is 16.7 Å². The molecule has 0 amide bonds. The summed E-state index contributed by atoms with van der Waals surface area (Å²) < 4.78 is 13.3. The Morgan fingerprint density at radius 1 is 1.00 bits per heavy atom. The fraction of sp³-hybridized carbons (Fsp3) is 0.0588. The van der Waals surface area contributed by atoms with Crippen molar-refractivity contribution in [2.24, 2.45) is 0 Å². The summed E-state index contributed by atoms with van der Waals surface area (Å²) in [4.78, 5) is 19.3. The zero-order chi connectivity index (χ0) is 14.8. The Labute approximate surface area is 121 Å². The van der Waals surface area contributed by atoms with Crippen molar-refractivity contribution in [2.45, 2.75) is 6.92 Å². The molecular formula is C17H13FN2O. The van der Waals surface area contributed by atoms with E-state index >= 15 is 0 Å². The number of halogens is 1. The van der Waals surface area contributed by atoms with Crippen LogP contribution >= 0.6 is 0 Å². The summed E-state index contributed by atoms with van der Waals surface area (Å²) in [5, 5.41) is 0. The van der Waals surface area contributed by atoms with Crippen molar-refractivity contribution in [1.29, 1.82) is 0 Å². The van der Waals surface area contributed by atoms with E-state index in [1.165, 1.54) is 12.1 Å². The molecular weight excluding hydrogens is 267 g/mol. The number of H-pyrrole nitrogens is 1. The average Bonchev–Trinajstić information content (AvgIpc) is 2.51. The third-order valence-electron chi connectivity index (χ3n) is 3.30. The van der Waals surface area contributed by atoms with Crippen LogP contribution in [0, 0.1) is 12.7 Å². The minimum absolute atomic E-state index is 0.219. The third-order valence-corrected chi connectivity index (χ3v) is 3.30. The van der Waals surface area contributed by atoms with E-state index in [2.05, 4.69) is 9.97 Å². The van der Waals surface area contributed by atoms with E-state index in [0.717, 1.165) is 5.56 Å². The second-order valence-corrected chi connectivity index (χ2v) is 4.76. The standard InChI is InChI=1S/C17H13FN2O/c1-11-15(12-6-3-2-4-7-12)19-16(20-17(11)21)13-8-5-9-14(18)10-13/h2-10H,1H3,(H,19,20,21). The number of aromatic amines is 1. The number of nitrogens with one attached hydrogen (secondary N) is 1. The molecule has 0 spiro atoms. The van der Waals surface area contributed by atoms with E-state index in [1.807, 2.05) is 30.3 Å². The lowest BCUT2D eigenvalue weighted by molar-refractivity contribution is 0.628. The van der Waals surface area contributed by atoms with Crippen LogP contribution < -0.4 is 5.56 Å². The fourth-order valence-corrected chi connectivity index (χ4v) is 2.18. The van der Waals surface area contributed by atoms with Gasteiger partial charge in [0.25, 0.3) is 5.56 Å². The first kappa shape index (κ1) is 13.2. The van der Waals surface area contributed by atoms with Gasteiger partial charge in [-0.05, 0) is 19.1 Å². The minimum Gasteiger partial charge on any atom is -0.306 e. The smallest absolute Gasteiger partial charge is 0.254 e. The topological polar surface area (TPSA) is 45.8 Å². The first-order valence-electron chi connectivity index (χ1n) is 6.57. The molecule has 21 heavy (non-hydrogen) atoms. The van der Waals surface area contributed by atoms with Crippen molar-refractivity contribution in [1.82, 2.24) is 9.97 Å². The van der Waals surface area contributed by atoms with E-state index in [4.69, 9.17) is 0 Å². The molecule has 2 aromatic carbocycles. The Kier molecular flexibility index (Phi) is 3.36. The van der Waals surface area contributed by atoms with Gasteiger partial charge < -0.3 is 4.98 Å². The van der Waals surface area contributed by atoms with Gasteiger partial charge in [0.1, 0.15) is 11.6 Å². The van der Waals surface area contributed by atoms with Crippen molar-refractivity contribution in [3.63, 3.8) is 0 Å². The lowest BCUT2D eigenvalue weighted by Crippen LogP contribution is -2.14. The second kappa shape index (κ2) is 5.32. The lowest BCUT2D eigenvalue weighted by atomic mass is 10.1. The van der Waals surface area contributed by atoms with Crippen LogP contribution in [0.4, 0.5) is 4.39 Å². The highest BCUT2D eigenvalue weighted by Crippen LogP contribution is 2.22. The molecule has 0 saturated heterocycles. The third kappa shape index (κ3) is 2.60. The summed E-state index contributed by atoms with van der Waals surface area (Å²) in [5.41, 5.74) is 2.34. The number of benzene rings is 2. The molecule has 0 aliphatic carbocycles. The highest BCUT2D eigenvalue weighted by atomic mass is 19.1. The molecule has 3 nitrogen and oxygen atoms in total. The van der Waals surface area contributed by atoms with Crippen molar-refractivity contribution >= 4 is 0 Å². The van der Waals surface area contributed by atoms with Crippen LogP contribution in [0.25, 0.3) is 22.6 Å². The molecule has 1 N–H and O–H groups in total. The summed E-state index contributed by atoms with van der Waals surface area (Å²) in [7, 11) is 0. The Morgan fingerprint density at radius 2 is 1.71 bits per heavy atom. The van der Waals surface area contributed by atoms with Gasteiger partial charge >= 0.3 is 0 Å². The highest BCUT2D eigenvalue weighted by Gasteiger charge is 2.11. The number of rotatable bonds is 2. The van der Waals surface area contributed by atoms with Gasteiger partial charge in [-0.2, -0.15) is 0 Å². The summed E-state index contributed by atoms with van der Waals surface area (Å²) in [5.74, 6) is 0.000869. The van der Waals surface area contributed by atoms with E-state index in [1.54, 1.807) is 19.1 Å². The van der Waals surface area contributed by atoms with Gasteiger partial charge in [-0.1, -0.05) is 42.5 Å². The Hall–Kier alpha value is -2.75. The molecule has 3 rings (SSSR count). The molecule has 1 aromatic heterocycles. The summed E-state index contributed by atoms with van der Waals surface area (Å²) in [6, 6.07) is 15.5. The van der Waals surface area contributed by atoms with E-state index in [9.17, 15) is 9.18 Å². The predicted octanol–water partition coefficient (Wildman–Crippen LogP) is 3.55. The fourth-order valence-electron chi connectivity index (χ4n) is 2.18. The number of hydrogen-bond acceptors (Lipinski definition) is 2. The van der Waals surface area contributed by atoms with Gasteiger partial charge in [0.15, 0.2) is 0 Å². The van der Waals surface area contributed by atoms with Crippen LogP contribution in [0.5, 0.6) is 0 Å². The molecule has 0 saturated carbocycles. The van der Waals surface area contributed by atoms with Crippen molar-refractivity contribution in [3.05, 3.63) is 76.3 Å². The van der Waals surface area contributed by atoms with Crippen LogP contribution in [0.15, 0.2) is 59.4 Å². The van der Waals surface area contributed by atoms with Gasteiger partial charge in [0.05, 0.1) is 5.69 Å². The first-order chi connectivity index (χ1) is 10.1. The largest absolute Gasteiger partial charge is 0.306 e. The zero-order valence-corrected chi connectivity index (χ0v) is 11.4. The molecule has 0 unspecified atom stereocenters. The lowest BCUT2D eigenvalue weighted by Gasteiger charge is -2.08. The summed E-state index contributed by atoms with van der Waals surface area (Å²) in [6.45, 7) is 1.73. The normalized spacial score (nSPS) is 10.6. The van der Waals surface area contributed by atoms with Crippen molar-refractivity contribution < 1.29 is 4.39 Å². The van der Waals surface area contributed by atoms with Crippen molar-refractivity contribution in [2.75, 3.05) is 0 Å². The van der Waals surface area contributed by atoms with Crippen LogP contribution in [0.2, 0.25) is 0 Å². The van der Waals surface area contributed by atoms with Gasteiger partial charge in [-0.25, -0.2) is 9.37 Å². The second-order valence-electron chi connectivity index (χ2n) is 4.76. The zero-order valence-electron chi connectivity index (χ0n) is 11.4. The van der Waals surface area contributed by atoms with Crippen LogP contribution in [0.1, 0.15) is 5.56 Å². The Bertz CT molecular complexity index is 841. The molecule has 1 heterocycles. The first-order valence-corrected chi connectivity index (χ1v) is 6.57. The monoisotopic (exact) mass is 280 g/mol. The maximum Gasteiger partial charge on any atom is 0.254 e. The summed E-state index contributed by atoms with van der Waals surface area (Å²) in [6.07, 6.45) is 0. The number of nitrogens with zero attached hydrogens (tertiary/aromatic N) is 1. The maximum atomic E-state index is 13.3. The predicted molar refractivity (Wildman–Crippen MR) is 80.4 cm³/mol. The van der Waals surface area contributed by atoms with Gasteiger partial charge in [-0.15, -0.1) is 0 Å². The minimum atomic E-state index is -0.364. The van der Waals surface area contributed by atoms with E-state index < -0.39 is 0 Å².